The standard InChI is InChI=1S/C10H11F3N2O3/c1-9(18,8(16)17)5-15-7-4-6(2-3-14-7)10(11,12)13/h2-4,18H,5H2,1H3,(H,14,15)(H,16,17). The van der Waals surface area contributed by atoms with Crippen LogP contribution < -0.4 is 5.32 Å². The summed E-state index contributed by atoms with van der Waals surface area (Å²) in [6.45, 7) is 0.562. The van der Waals surface area contributed by atoms with E-state index >= 15 is 0 Å². The van der Waals surface area contributed by atoms with Crippen molar-refractivity contribution in [2.24, 2.45) is 0 Å². The maximum atomic E-state index is 12.4. The van der Waals surface area contributed by atoms with Crippen molar-refractivity contribution >= 4 is 11.8 Å². The van der Waals surface area contributed by atoms with E-state index in [0.29, 0.717) is 0 Å². The van der Waals surface area contributed by atoms with Gasteiger partial charge in [0.05, 0.1) is 12.1 Å². The number of alkyl halides is 3. The molecule has 8 heteroatoms. The highest BCUT2D eigenvalue weighted by Gasteiger charge is 2.32. The maximum absolute atomic E-state index is 12.4. The van der Waals surface area contributed by atoms with Gasteiger partial charge in [0.15, 0.2) is 5.60 Å². The first-order chi connectivity index (χ1) is 8.13. The number of aromatic nitrogens is 1. The molecule has 1 unspecified atom stereocenters. The lowest BCUT2D eigenvalue weighted by atomic mass is 10.1. The lowest BCUT2D eigenvalue weighted by Crippen LogP contribution is -2.41. The number of carboxylic acid groups (broad SMARTS) is 1. The van der Waals surface area contributed by atoms with E-state index in [1.54, 1.807) is 0 Å². The Balaban J connectivity index is 2.78. The second kappa shape index (κ2) is 4.81. The highest BCUT2D eigenvalue weighted by Crippen LogP contribution is 2.29. The third kappa shape index (κ3) is 3.59. The van der Waals surface area contributed by atoms with Crippen molar-refractivity contribution in [2.45, 2.75) is 18.7 Å². The Labute approximate surface area is 100 Å². The number of anilines is 1. The Hall–Kier alpha value is -1.83. The summed E-state index contributed by atoms with van der Waals surface area (Å²) in [5, 5.41) is 20.3. The molecule has 0 radical (unpaired) electrons. The van der Waals surface area contributed by atoms with Crippen LogP contribution in [0.5, 0.6) is 0 Å². The van der Waals surface area contributed by atoms with Gasteiger partial charge in [-0.05, 0) is 19.1 Å². The van der Waals surface area contributed by atoms with Crippen molar-refractivity contribution in [2.75, 3.05) is 11.9 Å². The number of nitrogens with one attached hydrogen (secondary N) is 1. The number of carbonyl (C=O) groups is 1. The summed E-state index contributed by atoms with van der Waals surface area (Å²) in [4.78, 5) is 14.2. The van der Waals surface area contributed by atoms with Crippen molar-refractivity contribution < 1.29 is 28.2 Å². The quantitative estimate of drug-likeness (QED) is 0.764. The van der Waals surface area contributed by atoms with Gasteiger partial charge in [-0.1, -0.05) is 0 Å². The van der Waals surface area contributed by atoms with E-state index in [0.717, 1.165) is 25.3 Å². The number of halogens is 3. The predicted octanol–water partition coefficient (Wildman–Crippen LogP) is 1.35. The van der Waals surface area contributed by atoms with Gasteiger partial charge in [-0.2, -0.15) is 13.2 Å². The molecule has 0 saturated heterocycles. The summed E-state index contributed by atoms with van der Waals surface area (Å²) in [5.41, 5.74) is -2.99. The molecule has 0 aromatic carbocycles. The van der Waals surface area contributed by atoms with Gasteiger partial charge in [0.25, 0.3) is 0 Å². The molecular formula is C10H11F3N2O3. The molecule has 0 spiro atoms. The summed E-state index contributed by atoms with van der Waals surface area (Å²) >= 11 is 0. The number of hydrogen-bond acceptors (Lipinski definition) is 4. The molecule has 0 saturated carbocycles. The first kappa shape index (κ1) is 14.2. The maximum Gasteiger partial charge on any atom is 0.416 e. The average Bonchev–Trinajstić information content (AvgIpc) is 2.25. The molecule has 5 nitrogen and oxygen atoms in total. The minimum Gasteiger partial charge on any atom is -0.479 e. The third-order valence-electron chi connectivity index (χ3n) is 2.16. The normalized spacial score (nSPS) is 14.9. The zero-order chi connectivity index (χ0) is 14.0. The van der Waals surface area contributed by atoms with Crippen LogP contribution in [0.15, 0.2) is 18.3 Å². The topological polar surface area (TPSA) is 82.5 Å². The first-order valence-corrected chi connectivity index (χ1v) is 4.86. The van der Waals surface area contributed by atoms with E-state index < -0.39 is 29.9 Å². The molecule has 1 rings (SSSR count). The van der Waals surface area contributed by atoms with Crippen molar-refractivity contribution in [3.63, 3.8) is 0 Å². The molecule has 0 bridgehead atoms. The number of rotatable bonds is 4. The lowest BCUT2D eigenvalue weighted by Gasteiger charge is -2.19. The Morgan fingerprint density at radius 3 is 2.61 bits per heavy atom. The van der Waals surface area contributed by atoms with Gasteiger partial charge >= 0.3 is 12.1 Å². The molecule has 0 aliphatic heterocycles. The summed E-state index contributed by atoms with van der Waals surface area (Å²) in [6.07, 6.45) is -3.56. The van der Waals surface area contributed by atoms with Crippen molar-refractivity contribution in [3.8, 4) is 0 Å². The molecule has 100 valence electrons. The molecule has 0 aliphatic carbocycles. The fraction of sp³-hybridized carbons (Fsp3) is 0.400. The number of aliphatic carboxylic acids is 1. The fourth-order valence-corrected chi connectivity index (χ4v) is 1.04. The highest BCUT2D eigenvalue weighted by molar-refractivity contribution is 5.77. The van der Waals surface area contributed by atoms with Crippen LogP contribution >= 0.6 is 0 Å². The van der Waals surface area contributed by atoms with Gasteiger partial charge in [-0.25, -0.2) is 9.78 Å². The SMILES string of the molecule is CC(O)(CNc1cc(C(F)(F)F)ccn1)C(=O)O. The van der Waals surface area contributed by atoms with E-state index in [4.69, 9.17) is 5.11 Å². The molecule has 1 atom stereocenters. The van der Waals surface area contributed by atoms with Crippen LogP contribution in [0, 0.1) is 0 Å². The van der Waals surface area contributed by atoms with Gasteiger partial charge in [-0.3, -0.25) is 0 Å². The van der Waals surface area contributed by atoms with Crippen LogP contribution in [0.25, 0.3) is 0 Å². The third-order valence-corrected chi connectivity index (χ3v) is 2.16. The smallest absolute Gasteiger partial charge is 0.416 e. The number of aliphatic hydroxyl groups is 1. The van der Waals surface area contributed by atoms with Crippen LogP contribution in [0.4, 0.5) is 19.0 Å². The van der Waals surface area contributed by atoms with Crippen molar-refractivity contribution in [1.29, 1.82) is 0 Å². The molecule has 1 heterocycles. The van der Waals surface area contributed by atoms with Gasteiger partial charge in [0, 0.05) is 6.20 Å². The molecule has 0 aliphatic rings. The monoisotopic (exact) mass is 264 g/mol. The molecule has 1 aromatic rings. The summed E-state index contributed by atoms with van der Waals surface area (Å²) in [6, 6.07) is 1.53. The largest absolute Gasteiger partial charge is 0.479 e. The van der Waals surface area contributed by atoms with Gasteiger partial charge in [0.2, 0.25) is 0 Å². The Bertz CT molecular complexity index is 446. The second-order valence-electron chi connectivity index (χ2n) is 3.86. The molecule has 3 N–H and O–H groups in total. The van der Waals surface area contributed by atoms with Crippen molar-refractivity contribution in [3.05, 3.63) is 23.9 Å². The zero-order valence-corrected chi connectivity index (χ0v) is 9.32. The fourth-order valence-electron chi connectivity index (χ4n) is 1.04. The van der Waals surface area contributed by atoms with E-state index in [1.807, 2.05) is 0 Å². The second-order valence-corrected chi connectivity index (χ2v) is 3.86. The lowest BCUT2D eigenvalue weighted by molar-refractivity contribution is -0.155. The Morgan fingerprint density at radius 1 is 1.50 bits per heavy atom. The number of pyridine rings is 1. The van der Waals surface area contributed by atoms with Gasteiger partial charge in [0.1, 0.15) is 5.82 Å². The number of carboxylic acids is 1. The van der Waals surface area contributed by atoms with E-state index in [-0.39, 0.29) is 5.82 Å². The molecule has 0 amide bonds. The Kier molecular flexibility index (Phi) is 3.80. The highest BCUT2D eigenvalue weighted by atomic mass is 19.4. The summed E-state index contributed by atoms with van der Waals surface area (Å²) in [7, 11) is 0. The Morgan fingerprint density at radius 2 is 2.11 bits per heavy atom. The predicted molar refractivity (Wildman–Crippen MR) is 56.0 cm³/mol. The van der Waals surface area contributed by atoms with Crippen LogP contribution in [0.1, 0.15) is 12.5 Å². The van der Waals surface area contributed by atoms with Crippen molar-refractivity contribution in [1.82, 2.24) is 4.98 Å². The molecule has 18 heavy (non-hydrogen) atoms. The van der Waals surface area contributed by atoms with Crippen LogP contribution in [0.2, 0.25) is 0 Å². The van der Waals surface area contributed by atoms with Crippen LogP contribution in [0.3, 0.4) is 0 Å². The number of hydrogen-bond donors (Lipinski definition) is 3. The average molecular weight is 264 g/mol. The minimum atomic E-state index is -4.51. The number of nitrogens with zero attached hydrogens (tertiary/aromatic N) is 1. The zero-order valence-electron chi connectivity index (χ0n) is 9.32. The summed E-state index contributed by atoms with van der Waals surface area (Å²) < 4.78 is 37.1. The van der Waals surface area contributed by atoms with Gasteiger partial charge < -0.3 is 15.5 Å². The van der Waals surface area contributed by atoms with Gasteiger partial charge in [-0.15, -0.1) is 0 Å². The van der Waals surface area contributed by atoms with Crippen LogP contribution in [-0.4, -0.2) is 33.3 Å². The molecule has 0 fully saturated rings. The van der Waals surface area contributed by atoms with E-state index in [1.165, 1.54) is 0 Å². The molecular weight excluding hydrogens is 253 g/mol. The van der Waals surface area contributed by atoms with Crippen LogP contribution in [-0.2, 0) is 11.0 Å². The summed E-state index contributed by atoms with van der Waals surface area (Å²) in [5.74, 6) is -1.65. The molecule has 1 aromatic heterocycles. The van der Waals surface area contributed by atoms with E-state index in [9.17, 15) is 23.1 Å². The minimum absolute atomic E-state index is 0.161. The van der Waals surface area contributed by atoms with E-state index in [2.05, 4.69) is 10.3 Å². The first-order valence-electron chi connectivity index (χ1n) is 4.86.